The molecule has 0 N–H and O–H groups in total. The van der Waals surface area contributed by atoms with Gasteiger partial charge in [0.2, 0.25) is 0 Å². The molecule has 0 aliphatic rings. The third-order valence-corrected chi connectivity index (χ3v) is 5.14. The summed E-state index contributed by atoms with van der Waals surface area (Å²) in [5, 5.41) is 8.60. The molecule has 0 radical (unpaired) electrons. The number of rotatable bonds is 6. The molecule has 0 unspecified atom stereocenters. The summed E-state index contributed by atoms with van der Waals surface area (Å²) in [5.41, 5.74) is 0.999. The van der Waals surface area contributed by atoms with Gasteiger partial charge in [0.25, 0.3) is 0 Å². The number of alkyl halides is 3. The summed E-state index contributed by atoms with van der Waals surface area (Å²) in [4.78, 5) is 12.5. The van der Waals surface area contributed by atoms with Crippen molar-refractivity contribution in [3.05, 3.63) is 41.4 Å². The van der Waals surface area contributed by atoms with Crippen LogP contribution in [0.5, 0.6) is 0 Å². The lowest BCUT2D eigenvalue weighted by Crippen LogP contribution is -2.19. The largest absolute Gasteiger partial charge is 0.461 e. The predicted molar refractivity (Wildman–Crippen MR) is 93.7 cm³/mol. The van der Waals surface area contributed by atoms with E-state index in [1.807, 2.05) is 0 Å². The van der Waals surface area contributed by atoms with Gasteiger partial charge in [-0.1, -0.05) is 11.8 Å². The van der Waals surface area contributed by atoms with Crippen molar-refractivity contribution in [3.63, 3.8) is 0 Å². The molecule has 3 aromatic heterocycles. The van der Waals surface area contributed by atoms with E-state index in [4.69, 9.17) is 4.42 Å². The highest BCUT2D eigenvalue weighted by Crippen LogP contribution is 2.26. The number of aryl methyl sites for hydroxylation is 1. The zero-order valence-corrected chi connectivity index (χ0v) is 15.7. The van der Waals surface area contributed by atoms with Crippen LogP contribution < -0.4 is 0 Å². The normalized spacial score (nSPS) is 11.9. The minimum atomic E-state index is -4.34. The Morgan fingerprint density at radius 3 is 2.67 bits per heavy atom. The Bertz CT molecular complexity index is 958. The van der Waals surface area contributed by atoms with E-state index in [0.717, 1.165) is 4.57 Å². The fourth-order valence-electron chi connectivity index (χ4n) is 2.77. The number of nitrogens with zero attached hydrogens (tertiary/aromatic N) is 4. The van der Waals surface area contributed by atoms with Crippen molar-refractivity contribution < 1.29 is 22.4 Å². The second-order valence-corrected chi connectivity index (χ2v) is 6.98. The average molecular weight is 398 g/mol. The molecule has 3 aromatic rings. The SMILES string of the molecule is Cc1cc(C(=O)CSc2nnc(-c3ccco3)n2C)c(C)n1CC(F)(F)F. The van der Waals surface area contributed by atoms with Crippen LogP contribution in [-0.2, 0) is 13.6 Å². The molecule has 0 fully saturated rings. The Balaban J connectivity index is 1.73. The topological polar surface area (TPSA) is 65.8 Å². The quantitative estimate of drug-likeness (QED) is 0.463. The first-order valence-electron chi connectivity index (χ1n) is 8.00. The van der Waals surface area contributed by atoms with Crippen molar-refractivity contribution in [3.8, 4) is 11.6 Å². The second kappa shape index (κ2) is 7.26. The Labute approximate surface area is 157 Å². The van der Waals surface area contributed by atoms with Gasteiger partial charge < -0.3 is 13.6 Å². The number of Topliss-reactive ketones (excluding diaryl/α,β-unsaturated/α-hetero) is 1. The number of aromatic nitrogens is 4. The molecule has 0 aliphatic carbocycles. The third-order valence-electron chi connectivity index (χ3n) is 4.12. The van der Waals surface area contributed by atoms with Gasteiger partial charge in [-0.05, 0) is 32.0 Å². The van der Waals surface area contributed by atoms with Gasteiger partial charge in [0.15, 0.2) is 22.5 Å². The van der Waals surface area contributed by atoms with Gasteiger partial charge in [-0.25, -0.2) is 0 Å². The van der Waals surface area contributed by atoms with Crippen molar-refractivity contribution in [2.45, 2.75) is 31.7 Å². The molecule has 27 heavy (non-hydrogen) atoms. The fraction of sp³-hybridized carbons (Fsp3) is 0.353. The highest BCUT2D eigenvalue weighted by Gasteiger charge is 2.30. The van der Waals surface area contributed by atoms with E-state index in [1.54, 1.807) is 30.7 Å². The first-order valence-corrected chi connectivity index (χ1v) is 8.98. The van der Waals surface area contributed by atoms with Crippen molar-refractivity contribution in [2.24, 2.45) is 7.05 Å². The van der Waals surface area contributed by atoms with Gasteiger partial charge in [-0.2, -0.15) is 13.2 Å². The highest BCUT2D eigenvalue weighted by molar-refractivity contribution is 7.99. The van der Waals surface area contributed by atoms with E-state index in [-0.39, 0.29) is 17.1 Å². The summed E-state index contributed by atoms with van der Waals surface area (Å²) < 4.78 is 46.2. The predicted octanol–water partition coefficient (Wildman–Crippen LogP) is 4.03. The summed E-state index contributed by atoms with van der Waals surface area (Å²) in [6.45, 7) is 1.97. The Morgan fingerprint density at radius 1 is 1.30 bits per heavy atom. The van der Waals surface area contributed by atoms with Crippen LogP contribution in [0.15, 0.2) is 34.0 Å². The van der Waals surface area contributed by atoms with E-state index in [1.165, 1.54) is 31.0 Å². The van der Waals surface area contributed by atoms with E-state index in [9.17, 15) is 18.0 Å². The number of hydrogen-bond acceptors (Lipinski definition) is 5. The molecule has 0 bridgehead atoms. The number of furan rings is 1. The van der Waals surface area contributed by atoms with Crippen molar-refractivity contribution in [1.82, 2.24) is 19.3 Å². The van der Waals surface area contributed by atoms with Crippen molar-refractivity contribution >= 4 is 17.5 Å². The van der Waals surface area contributed by atoms with Gasteiger partial charge in [0, 0.05) is 24.0 Å². The number of ketones is 1. The Kier molecular flexibility index (Phi) is 5.18. The Morgan fingerprint density at radius 2 is 2.04 bits per heavy atom. The lowest BCUT2D eigenvalue weighted by molar-refractivity contribution is -0.141. The van der Waals surface area contributed by atoms with Crippen molar-refractivity contribution in [2.75, 3.05) is 5.75 Å². The average Bonchev–Trinajstić information content (AvgIpc) is 3.28. The minimum Gasteiger partial charge on any atom is -0.461 e. The van der Waals surface area contributed by atoms with E-state index in [0.29, 0.717) is 28.1 Å². The monoisotopic (exact) mass is 398 g/mol. The maximum absolute atomic E-state index is 12.7. The number of halogens is 3. The third kappa shape index (κ3) is 4.10. The second-order valence-electron chi connectivity index (χ2n) is 6.04. The van der Waals surface area contributed by atoms with Crippen LogP contribution in [-0.4, -0.2) is 37.0 Å². The molecule has 10 heteroatoms. The summed E-state index contributed by atoms with van der Waals surface area (Å²) in [5.74, 6) is 0.863. The van der Waals surface area contributed by atoms with Crippen LogP contribution in [0, 0.1) is 13.8 Å². The smallest absolute Gasteiger partial charge is 0.406 e. The molecule has 0 saturated carbocycles. The zero-order chi connectivity index (χ0) is 19.8. The standard InChI is InChI=1S/C17H17F3N4O2S/c1-10-7-12(11(2)24(10)9-17(18,19)20)13(25)8-27-16-22-21-15(23(16)3)14-5-4-6-26-14/h4-7H,8-9H2,1-3H3. The van der Waals surface area contributed by atoms with Crippen LogP contribution in [0.3, 0.4) is 0 Å². The first kappa shape index (κ1) is 19.3. The molecule has 0 amide bonds. The summed E-state index contributed by atoms with van der Waals surface area (Å²) in [6, 6.07) is 4.98. The number of hydrogen-bond donors (Lipinski definition) is 0. The molecule has 0 aromatic carbocycles. The van der Waals surface area contributed by atoms with E-state index >= 15 is 0 Å². The van der Waals surface area contributed by atoms with Crippen LogP contribution in [0.1, 0.15) is 21.7 Å². The van der Waals surface area contributed by atoms with Crippen LogP contribution in [0.2, 0.25) is 0 Å². The van der Waals surface area contributed by atoms with Crippen molar-refractivity contribution in [1.29, 1.82) is 0 Å². The summed E-state index contributed by atoms with van der Waals surface area (Å²) >= 11 is 1.17. The molecule has 3 heterocycles. The maximum Gasteiger partial charge on any atom is 0.406 e. The molecule has 0 atom stereocenters. The first-order chi connectivity index (χ1) is 12.7. The van der Waals surface area contributed by atoms with Crippen LogP contribution >= 0.6 is 11.8 Å². The lowest BCUT2D eigenvalue weighted by atomic mass is 10.2. The molecular weight excluding hydrogens is 381 g/mol. The van der Waals surface area contributed by atoms with E-state index < -0.39 is 12.7 Å². The molecule has 0 saturated heterocycles. The number of carbonyl (C=O) groups is 1. The summed E-state index contributed by atoms with van der Waals surface area (Å²) in [6.07, 6.45) is -2.82. The van der Waals surface area contributed by atoms with Gasteiger partial charge in [0.1, 0.15) is 6.54 Å². The number of carbonyl (C=O) groups excluding carboxylic acids is 1. The molecule has 3 rings (SSSR count). The Hall–Kier alpha value is -2.49. The number of thioether (sulfide) groups is 1. The van der Waals surface area contributed by atoms with Gasteiger partial charge >= 0.3 is 6.18 Å². The van der Waals surface area contributed by atoms with Crippen LogP contribution in [0.25, 0.3) is 11.6 Å². The van der Waals surface area contributed by atoms with E-state index in [2.05, 4.69) is 10.2 Å². The molecule has 6 nitrogen and oxygen atoms in total. The molecular formula is C17H17F3N4O2S. The molecule has 144 valence electrons. The molecule has 0 spiro atoms. The molecule has 0 aliphatic heterocycles. The highest BCUT2D eigenvalue weighted by atomic mass is 32.2. The summed E-state index contributed by atoms with van der Waals surface area (Å²) in [7, 11) is 1.75. The van der Waals surface area contributed by atoms with Gasteiger partial charge in [-0.3, -0.25) is 4.79 Å². The van der Waals surface area contributed by atoms with Gasteiger partial charge in [-0.15, -0.1) is 10.2 Å². The zero-order valence-electron chi connectivity index (χ0n) is 14.9. The lowest BCUT2D eigenvalue weighted by Gasteiger charge is -2.12. The maximum atomic E-state index is 12.7. The minimum absolute atomic E-state index is 0.0421. The van der Waals surface area contributed by atoms with Crippen LogP contribution in [0.4, 0.5) is 13.2 Å². The fourth-order valence-corrected chi connectivity index (χ4v) is 3.57. The van der Waals surface area contributed by atoms with Gasteiger partial charge in [0.05, 0.1) is 12.0 Å².